The normalized spacial score (nSPS) is 16.9. The van der Waals surface area contributed by atoms with Crippen molar-refractivity contribution in [2.45, 2.75) is 42.5 Å². The smallest absolute Gasteiger partial charge is 0.243 e. The van der Waals surface area contributed by atoms with E-state index in [-0.39, 0.29) is 17.3 Å². The lowest BCUT2D eigenvalue weighted by Gasteiger charge is -2.24. The van der Waals surface area contributed by atoms with Crippen LogP contribution in [0.4, 0.5) is 0 Å². The van der Waals surface area contributed by atoms with Gasteiger partial charge in [-0.15, -0.1) is 0 Å². The molecule has 2 N–H and O–H groups in total. The standard InChI is InChI=1S/C30H35N3O5S2/c1-2-39(35,36)32-23-27-14-9-21-33(27)40(37,38)28-17-15-26(16-18-28)29(22-25-12-7-4-8-13-25)30(34)31-20-19-24-10-5-3-6-11-24/h2-8,10-13,15-18,27,29,32H,1,9,14,19-23H2,(H,31,34)/t27-,29?/m1/s1. The molecule has 212 valence electrons. The van der Waals surface area contributed by atoms with Crippen molar-refractivity contribution in [1.82, 2.24) is 14.3 Å². The molecule has 0 spiro atoms. The molecule has 0 aromatic heterocycles. The van der Waals surface area contributed by atoms with Crippen molar-refractivity contribution in [3.05, 3.63) is 114 Å². The molecule has 2 atom stereocenters. The summed E-state index contributed by atoms with van der Waals surface area (Å²) >= 11 is 0. The van der Waals surface area contributed by atoms with Crippen molar-refractivity contribution >= 4 is 26.0 Å². The van der Waals surface area contributed by atoms with E-state index in [0.29, 0.717) is 38.8 Å². The third-order valence-electron chi connectivity index (χ3n) is 7.11. The number of nitrogens with one attached hydrogen (secondary N) is 2. The SMILES string of the molecule is C=CS(=O)(=O)NC[C@H]1CCCN1S(=O)(=O)c1ccc(C(Cc2ccccc2)C(=O)NCCc2ccccc2)cc1. The molecule has 3 aromatic carbocycles. The quantitative estimate of drug-likeness (QED) is 0.320. The molecule has 1 unspecified atom stereocenters. The van der Waals surface area contributed by atoms with E-state index in [4.69, 9.17) is 0 Å². The average molecular weight is 582 g/mol. The Bertz CT molecular complexity index is 1490. The minimum atomic E-state index is -3.86. The van der Waals surface area contributed by atoms with Crippen molar-refractivity contribution in [2.75, 3.05) is 19.6 Å². The van der Waals surface area contributed by atoms with Gasteiger partial charge in [-0.1, -0.05) is 79.4 Å². The first-order chi connectivity index (χ1) is 19.2. The molecular formula is C30H35N3O5S2. The first kappa shape index (κ1) is 29.7. The monoisotopic (exact) mass is 581 g/mol. The van der Waals surface area contributed by atoms with Crippen LogP contribution in [0.5, 0.6) is 0 Å². The van der Waals surface area contributed by atoms with Crippen molar-refractivity contribution in [3.63, 3.8) is 0 Å². The van der Waals surface area contributed by atoms with Crippen molar-refractivity contribution in [2.24, 2.45) is 0 Å². The van der Waals surface area contributed by atoms with E-state index in [0.717, 1.165) is 22.1 Å². The van der Waals surface area contributed by atoms with Gasteiger partial charge in [-0.05, 0) is 54.5 Å². The predicted octanol–water partition coefficient (Wildman–Crippen LogP) is 3.59. The summed E-state index contributed by atoms with van der Waals surface area (Å²) in [7, 11) is -7.51. The Morgan fingerprint density at radius 2 is 1.55 bits per heavy atom. The van der Waals surface area contributed by atoms with E-state index in [2.05, 4.69) is 16.6 Å². The fourth-order valence-electron chi connectivity index (χ4n) is 4.92. The fourth-order valence-corrected chi connectivity index (χ4v) is 7.15. The summed E-state index contributed by atoms with van der Waals surface area (Å²) in [5, 5.41) is 3.86. The van der Waals surface area contributed by atoms with Gasteiger partial charge in [0, 0.05) is 31.1 Å². The largest absolute Gasteiger partial charge is 0.355 e. The van der Waals surface area contributed by atoms with Crippen LogP contribution in [0.1, 0.15) is 35.4 Å². The fraction of sp³-hybridized carbons (Fsp3) is 0.300. The second-order valence-electron chi connectivity index (χ2n) is 9.81. The van der Waals surface area contributed by atoms with Crippen LogP contribution in [0.3, 0.4) is 0 Å². The summed E-state index contributed by atoms with van der Waals surface area (Å²) in [5.41, 5.74) is 2.86. The highest BCUT2D eigenvalue weighted by Crippen LogP contribution is 2.28. The van der Waals surface area contributed by atoms with Crippen LogP contribution >= 0.6 is 0 Å². The number of carbonyl (C=O) groups excluding carboxylic acids is 1. The first-order valence-electron chi connectivity index (χ1n) is 13.3. The summed E-state index contributed by atoms with van der Waals surface area (Å²) in [6.45, 7) is 4.06. The summed E-state index contributed by atoms with van der Waals surface area (Å²) in [5.74, 6) is -0.618. The molecule has 40 heavy (non-hydrogen) atoms. The van der Waals surface area contributed by atoms with Crippen LogP contribution in [0.25, 0.3) is 0 Å². The van der Waals surface area contributed by atoms with Gasteiger partial charge in [-0.3, -0.25) is 4.79 Å². The van der Waals surface area contributed by atoms with E-state index in [1.165, 1.54) is 16.4 Å². The summed E-state index contributed by atoms with van der Waals surface area (Å²) < 4.78 is 54.2. The number of benzene rings is 3. The number of hydrogen-bond donors (Lipinski definition) is 2. The maximum absolute atomic E-state index is 13.5. The maximum atomic E-state index is 13.5. The van der Waals surface area contributed by atoms with Gasteiger partial charge in [0.25, 0.3) is 0 Å². The zero-order chi connectivity index (χ0) is 28.6. The first-order valence-corrected chi connectivity index (χ1v) is 16.3. The molecular weight excluding hydrogens is 546 g/mol. The molecule has 0 saturated carbocycles. The van der Waals surface area contributed by atoms with Crippen LogP contribution in [0.15, 0.2) is 102 Å². The number of carbonyl (C=O) groups is 1. The maximum Gasteiger partial charge on any atom is 0.243 e. The Balaban J connectivity index is 1.50. The van der Waals surface area contributed by atoms with E-state index >= 15 is 0 Å². The molecule has 1 fully saturated rings. The molecule has 0 aliphatic carbocycles. The highest BCUT2D eigenvalue weighted by molar-refractivity contribution is 7.92. The number of rotatable bonds is 13. The predicted molar refractivity (Wildman–Crippen MR) is 157 cm³/mol. The minimum Gasteiger partial charge on any atom is -0.355 e. The Morgan fingerprint density at radius 1 is 0.925 bits per heavy atom. The molecule has 4 rings (SSSR count). The van der Waals surface area contributed by atoms with Crippen LogP contribution in [0, 0.1) is 0 Å². The summed E-state index contributed by atoms with van der Waals surface area (Å²) in [4.78, 5) is 13.5. The molecule has 0 bridgehead atoms. The van der Waals surface area contributed by atoms with Crippen LogP contribution in [-0.2, 0) is 37.7 Å². The highest BCUT2D eigenvalue weighted by Gasteiger charge is 2.35. The van der Waals surface area contributed by atoms with E-state index in [9.17, 15) is 21.6 Å². The van der Waals surface area contributed by atoms with Gasteiger partial charge in [0.05, 0.1) is 10.8 Å². The third-order valence-corrected chi connectivity index (χ3v) is 10.1. The molecule has 10 heteroatoms. The molecule has 1 saturated heterocycles. The van der Waals surface area contributed by atoms with Gasteiger partial charge in [0.2, 0.25) is 26.0 Å². The van der Waals surface area contributed by atoms with Crippen molar-refractivity contribution < 1.29 is 21.6 Å². The Kier molecular flexibility index (Phi) is 9.91. The summed E-state index contributed by atoms with van der Waals surface area (Å²) in [6.07, 6.45) is 2.38. The van der Waals surface area contributed by atoms with E-state index < -0.39 is 32.0 Å². The zero-order valence-electron chi connectivity index (χ0n) is 22.3. The summed E-state index contributed by atoms with van der Waals surface area (Å²) in [6, 6.07) is 25.6. The van der Waals surface area contributed by atoms with E-state index in [1.54, 1.807) is 12.1 Å². The van der Waals surface area contributed by atoms with Crippen LogP contribution in [0.2, 0.25) is 0 Å². The lowest BCUT2D eigenvalue weighted by atomic mass is 9.91. The topological polar surface area (TPSA) is 113 Å². The lowest BCUT2D eigenvalue weighted by Crippen LogP contribution is -2.42. The van der Waals surface area contributed by atoms with Gasteiger partial charge < -0.3 is 5.32 Å². The molecule has 1 aliphatic rings. The van der Waals surface area contributed by atoms with Gasteiger partial charge in [0.15, 0.2) is 0 Å². The number of sulfonamides is 2. The second-order valence-corrected chi connectivity index (χ2v) is 13.4. The zero-order valence-corrected chi connectivity index (χ0v) is 23.9. The van der Waals surface area contributed by atoms with Crippen molar-refractivity contribution in [1.29, 1.82) is 0 Å². The van der Waals surface area contributed by atoms with Gasteiger partial charge >= 0.3 is 0 Å². The highest BCUT2D eigenvalue weighted by atomic mass is 32.2. The molecule has 1 heterocycles. The van der Waals surface area contributed by atoms with Crippen molar-refractivity contribution in [3.8, 4) is 0 Å². The Labute approximate surface area is 237 Å². The molecule has 1 aliphatic heterocycles. The number of hydrogen-bond acceptors (Lipinski definition) is 5. The van der Waals surface area contributed by atoms with Crippen LogP contribution in [-0.4, -0.2) is 52.7 Å². The minimum absolute atomic E-state index is 0.0199. The van der Waals surface area contributed by atoms with Gasteiger partial charge in [-0.2, -0.15) is 4.31 Å². The van der Waals surface area contributed by atoms with E-state index in [1.807, 2.05) is 60.7 Å². The average Bonchev–Trinajstić information content (AvgIpc) is 3.46. The molecule has 8 nitrogen and oxygen atoms in total. The number of amides is 1. The van der Waals surface area contributed by atoms with Crippen LogP contribution < -0.4 is 10.0 Å². The molecule has 1 amide bonds. The number of nitrogens with zero attached hydrogens (tertiary/aromatic N) is 1. The molecule has 3 aromatic rings. The van der Waals surface area contributed by atoms with Gasteiger partial charge in [0.1, 0.15) is 0 Å². The Hall–Kier alpha value is -3.31. The second kappa shape index (κ2) is 13.4. The third kappa shape index (κ3) is 7.66. The Morgan fingerprint density at radius 3 is 2.17 bits per heavy atom. The molecule has 0 radical (unpaired) electrons. The lowest BCUT2D eigenvalue weighted by molar-refractivity contribution is -0.122. The van der Waals surface area contributed by atoms with Gasteiger partial charge in [-0.25, -0.2) is 21.6 Å².